The minimum Gasteiger partial charge on any atom is -0.493 e. The maximum atomic E-state index is 12.4. The highest BCUT2D eigenvalue weighted by Gasteiger charge is 2.33. The topological polar surface area (TPSA) is 97.0 Å². The fourth-order valence-electron chi connectivity index (χ4n) is 3.00. The molecule has 1 saturated heterocycles. The molecule has 1 fully saturated rings. The number of ether oxygens (including phenoxy) is 2. The SMILES string of the molecule is CCOc1c(Br)cc(C(=O)NCC(=O)N2CCCC2C(=O)NC)cc1OC. The third-order valence-electron chi connectivity index (χ3n) is 4.30. The predicted octanol–water partition coefficient (Wildman–Crippen LogP) is 1.32. The van der Waals surface area contributed by atoms with Crippen LogP contribution in [0, 0.1) is 0 Å². The zero-order chi connectivity index (χ0) is 20.0. The first kappa shape index (κ1) is 21.0. The Hall–Kier alpha value is -2.29. The molecule has 2 N–H and O–H groups in total. The summed E-state index contributed by atoms with van der Waals surface area (Å²) in [4.78, 5) is 38.2. The highest BCUT2D eigenvalue weighted by Crippen LogP contribution is 2.36. The van der Waals surface area contributed by atoms with Gasteiger partial charge in [-0.3, -0.25) is 14.4 Å². The van der Waals surface area contributed by atoms with E-state index in [9.17, 15) is 14.4 Å². The Kier molecular flexibility index (Phi) is 7.46. The number of carbonyl (C=O) groups excluding carboxylic acids is 3. The van der Waals surface area contributed by atoms with Crippen LogP contribution in [0.1, 0.15) is 30.1 Å². The molecule has 1 unspecified atom stereocenters. The summed E-state index contributed by atoms with van der Waals surface area (Å²) in [6.45, 7) is 2.63. The van der Waals surface area contributed by atoms with Crippen LogP contribution in [0.5, 0.6) is 11.5 Å². The van der Waals surface area contributed by atoms with Crippen molar-refractivity contribution < 1.29 is 23.9 Å². The van der Waals surface area contributed by atoms with Crippen LogP contribution in [-0.4, -0.2) is 62.5 Å². The highest BCUT2D eigenvalue weighted by molar-refractivity contribution is 9.10. The third kappa shape index (κ3) is 4.91. The number of hydrogen-bond acceptors (Lipinski definition) is 5. The first-order valence-corrected chi connectivity index (χ1v) is 9.51. The zero-order valence-corrected chi connectivity index (χ0v) is 17.2. The van der Waals surface area contributed by atoms with E-state index in [2.05, 4.69) is 26.6 Å². The number of methoxy groups -OCH3 is 1. The molecule has 8 nitrogen and oxygen atoms in total. The van der Waals surface area contributed by atoms with Crippen LogP contribution in [0.15, 0.2) is 16.6 Å². The van der Waals surface area contributed by atoms with Gasteiger partial charge in [-0.05, 0) is 47.8 Å². The molecule has 0 saturated carbocycles. The largest absolute Gasteiger partial charge is 0.493 e. The minimum absolute atomic E-state index is 0.181. The molecular weight excluding hydrogens is 418 g/mol. The fraction of sp³-hybridized carbons (Fsp3) is 0.500. The predicted molar refractivity (Wildman–Crippen MR) is 103 cm³/mol. The molecule has 9 heteroatoms. The lowest BCUT2D eigenvalue weighted by atomic mass is 10.2. The van der Waals surface area contributed by atoms with Crippen molar-refractivity contribution in [3.8, 4) is 11.5 Å². The van der Waals surface area contributed by atoms with Crippen LogP contribution in [0.25, 0.3) is 0 Å². The number of likely N-dealkylation sites (N-methyl/N-ethyl adjacent to an activating group) is 1. The lowest BCUT2D eigenvalue weighted by Gasteiger charge is -2.23. The Bertz CT molecular complexity index is 725. The van der Waals surface area contributed by atoms with E-state index in [1.165, 1.54) is 12.0 Å². The second-order valence-electron chi connectivity index (χ2n) is 5.96. The van der Waals surface area contributed by atoms with Gasteiger partial charge in [0.25, 0.3) is 5.91 Å². The molecule has 0 aromatic heterocycles. The van der Waals surface area contributed by atoms with Crippen molar-refractivity contribution >= 4 is 33.7 Å². The number of nitrogens with zero attached hydrogens (tertiary/aromatic N) is 1. The second-order valence-corrected chi connectivity index (χ2v) is 6.82. The van der Waals surface area contributed by atoms with Gasteiger partial charge in [0.1, 0.15) is 6.04 Å². The Morgan fingerprint density at radius 3 is 2.70 bits per heavy atom. The lowest BCUT2D eigenvalue weighted by Crippen LogP contribution is -2.48. The molecule has 27 heavy (non-hydrogen) atoms. The quantitative estimate of drug-likeness (QED) is 0.664. The van der Waals surface area contributed by atoms with Gasteiger partial charge in [-0.25, -0.2) is 0 Å². The molecule has 1 aliphatic heterocycles. The molecule has 148 valence electrons. The maximum Gasteiger partial charge on any atom is 0.251 e. The Morgan fingerprint density at radius 1 is 1.33 bits per heavy atom. The molecule has 1 aromatic rings. The first-order valence-electron chi connectivity index (χ1n) is 8.72. The normalized spacial score (nSPS) is 16.0. The summed E-state index contributed by atoms with van der Waals surface area (Å²) in [7, 11) is 3.03. The van der Waals surface area contributed by atoms with Gasteiger partial charge in [0, 0.05) is 19.2 Å². The molecule has 1 aliphatic rings. The zero-order valence-electron chi connectivity index (χ0n) is 15.6. The molecule has 0 aliphatic carbocycles. The summed E-state index contributed by atoms with van der Waals surface area (Å²) < 4.78 is 11.4. The molecule has 0 spiro atoms. The molecule has 1 aromatic carbocycles. The van der Waals surface area contributed by atoms with Crippen LogP contribution in [0.3, 0.4) is 0 Å². The van der Waals surface area contributed by atoms with Gasteiger partial charge >= 0.3 is 0 Å². The van der Waals surface area contributed by atoms with Gasteiger partial charge in [0.05, 0.1) is 24.7 Å². The van der Waals surface area contributed by atoms with E-state index in [1.807, 2.05) is 6.92 Å². The Morgan fingerprint density at radius 2 is 2.07 bits per heavy atom. The van der Waals surface area contributed by atoms with E-state index in [4.69, 9.17) is 9.47 Å². The Balaban J connectivity index is 2.04. The summed E-state index contributed by atoms with van der Waals surface area (Å²) in [5.41, 5.74) is 0.333. The number of halogens is 1. The van der Waals surface area contributed by atoms with E-state index in [0.717, 1.165) is 6.42 Å². The van der Waals surface area contributed by atoms with Gasteiger partial charge in [-0.2, -0.15) is 0 Å². The summed E-state index contributed by atoms with van der Waals surface area (Å²) in [5, 5.41) is 5.17. The molecule has 0 bridgehead atoms. The van der Waals surface area contributed by atoms with Gasteiger partial charge in [0.15, 0.2) is 11.5 Å². The summed E-state index contributed by atoms with van der Waals surface area (Å²) in [6, 6.07) is 2.69. The van der Waals surface area contributed by atoms with Crippen LogP contribution in [0.2, 0.25) is 0 Å². The summed E-state index contributed by atoms with van der Waals surface area (Å²) in [6.07, 6.45) is 1.39. The van der Waals surface area contributed by atoms with Gasteiger partial charge < -0.3 is 25.0 Å². The van der Waals surface area contributed by atoms with Crippen LogP contribution >= 0.6 is 15.9 Å². The number of rotatable bonds is 7. The number of amides is 3. The smallest absolute Gasteiger partial charge is 0.251 e. The molecular formula is C18H24BrN3O5. The molecule has 1 heterocycles. The van der Waals surface area contributed by atoms with E-state index in [-0.39, 0.29) is 18.4 Å². The van der Waals surface area contributed by atoms with Crippen molar-refractivity contribution in [2.24, 2.45) is 0 Å². The number of benzene rings is 1. The average molecular weight is 442 g/mol. The molecule has 2 rings (SSSR count). The van der Waals surface area contributed by atoms with Crippen LogP contribution in [0.4, 0.5) is 0 Å². The van der Waals surface area contributed by atoms with Crippen molar-refractivity contribution in [2.45, 2.75) is 25.8 Å². The van der Waals surface area contributed by atoms with Gasteiger partial charge in [0.2, 0.25) is 11.8 Å². The van der Waals surface area contributed by atoms with Crippen LogP contribution < -0.4 is 20.1 Å². The van der Waals surface area contributed by atoms with E-state index >= 15 is 0 Å². The molecule has 1 atom stereocenters. The summed E-state index contributed by atoms with van der Waals surface area (Å²) >= 11 is 3.37. The minimum atomic E-state index is -0.473. The maximum absolute atomic E-state index is 12.4. The number of likely N-dealkylation sites (tertiary alicyclic amines) is 1. The first-order chi connectivity index (χ1) is 12.9. The number of nitrogens with one attached hydrogen (secondary N) is 2. The average Bonchev–Trinajstić information content (AvgIpc) is 3.16. The fourth-order valence-corrected chi connectivity index (χ4v) is 3.56. The highest BCUT2D eigenvalue weighted by atomic mass is 79.9. The van der Waals surface area contributed by atoms with Crippen molar-refractivity contribution in [1.82, 2.24) is 15.5 Å². The van der Waals surface area contributed by atoms with Gasteiger partial charge in [-0.1, -0.05) is 0 Å². The van der Waals surface area contributed by atoms with E-state index < -0.39 is 11.9 Å². The van der Waals surface area contributed by atoms with E-state index in [1.54, 1.807) is 19.2 Å². The third-order valence-corrected chi connectivity index (χ3v) is 4.89. The summed E-state index contributed by atoms with van der Waals surface area (Å²) in [5.74, 6) is 0.0416. The Labute approximate surface area is 166 Å². The van der Waals surface area contributed by atoms with Crippen molar-refractivity contribution in [2.75, 3.05) is 33.9 Å². The van der Waals surface area contributed by atoms with Crippen LogP contribution in [-0.2, 0) is 9.59 Å². The monoisotopic (exact) mass is 441 g/mol. The van der Waals surface area contributed by atoms with Crippen molar-refractivity contribution in [3.05, 3.63) is 22.2 Å². The van der Waals surface area contributed by atoms with Crippen molar-refractivity contribution in [1.29, 1.82) is 0 Å². The lowest BCUT2D eigenvalue weighted by molar-refractivity contribution is -0.137. The number of hydrogen-bond donors (Lipinski definition) is 2. The number of carbonyl (C=O) groups is 3. The van der Waals surface area contributed by atoms with Crippen molar-refractivity contribution in [3.63, 3.8) is 0 Å². The molecule has 3 amide bonds. The van der Waals surface area contributed by atoms with Gasteiger partial charge in [-0.15, -0.1) is 0 Å². The standard InChI is InChI=1S/C18H24BrN3O5/c1-4-27-16-12(19)8-11(9-14(16)26-3)17(24)21-10-15(23)22-7-5-6-13(22)18(25)20-2/h8-9,13H,4-7,10H2,1-3H3,(H,20,25)(H,21,24). The second kappa shape index (κ2) is 9.59. The molecule has 0 radical (unpaired) electrons. The van der Waals surface area contributed by atoms with E-state index in [0.29, 0.717) is 41.1 Å².